The molecule has 5 nitrogen and oxygen atoms in total. The van der Waals surface area contributed by atoms with Gasteiger partial charge in [-0.05, 0) is 31.9 Å². The molecule has 0 saturated carbocycles. The molecule has 0 aliphatic carbocycles. The number of methoxy groups -OCH3 is 1. The lowest BCUT2D eigenvalue weighted by Crippen LogP contribution is -2.48. The van der Waals surface area contributed by atoms with Crippen LogP contribution in [0.5, 0.6) is 5.75 Å². The van der Waals surface area contributed by atoms with Crippen molar-refractivity contribution in [3.05, 3.63) is 24.3 Å². The Hall–Kier alpha value is -1.27. The molecule has 1 heterocycles. The van der Waals surface area contributed by atoms with Crippen LogP contribution in [-0.4, -0.2) is 39.5 Å². The summed E-state index contributed by atoms with van der Waals surface area (Å²) in [6.07, 6.45) is 2.92. The molecule has 20 heavy (non-hydrogen) atoms. The number of rotatable bonds is 4. The molecule has 0 N–H and O–H groups in total. The van der Waals surface area contributed by atoms with Gasteiger partial charge in [0, 0.05) is 19.6 Å². The maximum Gasteiger partial charge on any atom is 0.304 e. The molecule has 6 heteroatoms. The summed E-state index contributed by atoms with van der Waals surface area (Å²) in [6.45, 7) is 2.55. The molecule has 1 saturated heterocycles. The van der Waals surface area contributed by atoms with E-state index in [9.17, 15) is 8.42 Å². The Morgan fingerprint density at radius 1 is 1.30 bits per heavy atom. The van der Waals surface area contributed by atoms with Crippen molar-refractivity contribution in [1.29, 1.82) is 0 Å². The molecule has 1 fully saturated rings. The molecule has 2 rings (SSSR count). The highest BCUT2D eigenvalue weighted by molar-refractivity contribution is 7.90. The second kappa shape index (κ2) is 6.01. The van der Waals surface area contributed by atoms with E-state index in [0.717, 1.165) is 19.3 Å². The molecule has 0 radical (unpaired) electrons. The molecule has 0 amide bonds. The van der Waals surface area contributed by atoms with Crippen molar-refractivity contribution >= 4 is 15.9 Å². The predicted molar refractivity (Wildman–Crippen MR) is 80.3 cm³/mol. The van der Waals surface area contributed by atoms with E-state index in [0.29, 0.717) is 18.0 Å². The number of ether oxygens (including phenoxy) is 1. The van der Waals surface area contributed by atoms with Gasteiger partial charge in [0.2, 0.25) is 0 Å². The standard InChI is InChI=1S/C14H22N2O3S/c1-12-8-6-7-11-16(12)20(17,18)15(2)13-9-4-5-10-14(13)19-3/h4-5,9-10,12H,6-8,11H2,1-3H3. The van der Waals surface area contributed by atoms with E-state index in [4.69, 9.17) is 4.74 Å². The van der Waals surface area contributed by atoms with E-state index >= 15 is 0 Å². The SMILES string of the molecule is COc1ccccc1N(C)S(=O)(=O)N1CCCCC1C. The van der Waals surface area contributed by atoms with Crippen molar-refractivity contribution in [1.82, 2.24) is 4.31 Å². The molecule has 0 bridgehead atoms. The Kier molecular flexibility index (Phi) is 4.55. The highest BCUT2D eigenvalue weighted by atomic mass is 32.2. The fourth-order valence-corrected chi connectivity index (χ4v) is 4.22. The lowest BCUT2D eigenvalue weighted by Gasteiger charge is -2.36. The van der Waals surface area contributed by atoms with Gasteiger partial charge >= 0.3 is 10.2 Å². The monoisotopic (exact) mass is 298 g/mol. The first kappa shape index (κ1) is 15.1. The molecule has 1 atom stereocenters. The fraction of sp³-hybridized carbons (Fsp3) is 0.571. The molecular formula is C14H22N2O3S. The summed E-state index contributed by atoms with van der Waals surface area (Å²) in [6, 6.07) is 7.20. The van der Waals surface area contributed by atoms with E-state index in [1.165, 1.54) is 4.31 Å². The third-order valence-corrected chi connectivity index (χ3v) is 5.83. The van der Waals surface area contributed by atoms with Gasteiger partial charge in [-0.3, -0.25) is 4.31 Å². The average Bonchev–Trinajstić information content (AvgIpc) is 2.46. The normalized spacial score (nSPS) is 20.6. The highest BCUT2D eigenvalue weighted by Gasteiger charge is 2.33. The van der Waals surface area contributed by atoms with E-state index in [2.05, 4.69) is 0 Å². The summed E-state index contributed by atoms with van der Waals surface area (Å²) in [5.74, 6) is 0.559. The van der Waals surface area contributed by atoms with Crippen LogP contribution < -0.4 is 9.04 Å². The lowest BCUT2D eigenvalue weighted by atomic mass is 10.1. The third kappa shape index (κ3) is 2.76. The van der Waals surface area contributed by atoms with Crippen LogP contribution in [0.25, 0.3) is 0 Å². The van der Waals surface area contributed by atoms with E-state index in [1.54, 1.807) is 30.6 Å². The highest BCUT2D eigenvalue weighted by Crippen LogP contribution is 2.31. The first-order chi connectivity index (χ1) is 9.48. The Balaban J connectivity index is 2.33. The first-order valence-electron chi connectivity index (χ1n) is 6.87. The number of piperidine rings is 1. The van der Waals surface area contributed by atoms with Gasteiger partial charge < -0.3 is 4.74 Å². The van der Waals surface area contributed by atoms with E-state index in [-0.39, 0.29) is 6.04 Å². The molecule has 0 spiro atoms. The second-order valence-corrected chi connectivity index (χ2v) is 7.02. The maximum absolute atomic E-state index is 12.8. The summed E-state index contributed by atoms with van der Waals surface area (Å²) in [4.78, 5) is 0. The lowest BCUT2D eigenvalue weighted by molar-refractivity contribution is 0.268. The number of para-hydroxylation sites is 2. The summed E-state index contributed by atoms with van der Waals surface area (Å²) in [5.41, 5.74) is 0.563. The molecule has 1 aromatic rings. The van der Waals surface area contributed by atoms with Gasteiger partial charge in [-0.2, -0.15) is 12.7 Å². The summed E-state index contributed by atoms with van der Waals surface area (Å²) in [7, 11) is -0.388. The van der Waals surface area contributed by atoms with Crippen LogP contribution in [0, 0.1) is 0 Å². The minimum absolute atomic E-state index is 0.0471. The summed E-state index contributed by atoms with van der Waals surface area (Å²) < 4.78 is 33.7. The van der Waals surface area contributed by atoms with E-state index in [1.807, 2.05) is 19.1 Å². The van der Waals surface area contributed by atoms with Gasteiger partial charge in [-0.25, -0.2) is 0 Å². The zero-order valence-corrected chi connectivity index (χ0v) is 13.1. The number of anilines is 1. The largest absolute Gasteiger partial charge is 0.495 e. The van der Waals surface area contributed by atoms with Crippen LogP contribution >= 0.6 is 0 Å². The molecule has 1 aliphatic rings. The Bertz CT molecular complexity index is 559. The van der Waals surface area contributed by atoms with Crippen LogP contribution in [0.2, 0.25) is 0 Å². The average molecular weight is 298 g/mol. The number of nitrogens with zero attached hydrogens (tertiary/aromatic N) is 2. The Labute approximate surface area is 121 Å². The number of benzene rings is 1. The van der Waals surface area contributed by atoms with Crippen LogP contribution in [0.3, 0.4) is 0 Å². The molecular weight excluding hydrogens is 276 g/mol. The fourth-order valence-electron chi connectivity index (χ4n) is 2.59. The third-order valence-electron chi connectivity index (χ3n) is 3.81. The molecule has 1 aromatic carbocycles. The van der Waals surface area contributed by atoms with Crippen molar-refractivity contribution < 1.29 is 13.2 Å². The van der Waals surface area contributed by atoms with E-state index < -0.39 is 10.2 Å². The second-order valence-electron chi connectivity index (χ2n) is 5.10. The zero-order chi connectivity index (χ0) is 14.8. The van der Waals surface area contributed by atoms with Gasteiger partial charge in [0.15, 0.2) is 0 Å². The molecule has 1 aliphatic heterocycles. The van der Waals surface area contributed by atoms with Crippen LogP contribution in [0.15, 0.2) is 24.3 Å². The van der Waals surface area contributed by atoms with Crippen LogP contribution in [-0.2, 0) is 10.2 Å². The van der Waals surface area contributed by atoms with Crippen molar-refractivity contribution in [2.45, 2.75) is 32.2 Å². The van der Waals surface area contributed by atoms with Gasteiger partial charge in [0.25, 0.3) is 0 Å². The van der Waals surface area contributed by atoms with Crippen LogP contribution in [0.4, 0.5) is 5.69 Å². The Morgan fingerprint density at radius 2 is 2.00 bits per heavy atom. The zero-order valence-electron chi connectivity index (χ0n) is 12.2. The van der Waals surface area contributed by atoms with Crippen molar-refractivity contribution in [2.24, 2.45) is 0 Å². The van der Waals surface area contributed by atoms with Gasteiger partial charge in [-0.1, -0.05) is 18.6 Å². The summed E-state index contributed by atoms with van der Waals surface area (Å²) in [5, 5.41) is 0. The van der Waals surface area contributed by atoms with Crippen molar-refractivity contribution in [3.8, 4) is 5.75 Å². The first-order valence-corrected chi connectivity index (χ1v) is 8.27. The quantitative estimate of drug-likeness (QED) is 0.856. The number of hydrogen-bond donors (Lipinski definition) is 0. The van der Waals surface area contributed by atoms with Gasteiger partial charge in [0.1, 0.15) is 5.75 Å². The van der Waals surface area contributed by atoms with Crippen LogP contribution in [0.1, 0.15) is 26.2 Å². The topological polar surface area (TPSA) is 49.9 Å². The Morgan fingerprint density at radius 3 is 2.65 bits per heavy atom. The molecule has 1 unspecified atom stereocenters. The minimum Gasteiger partial charge on any atom is -0.495 e. The van der Waals surface area contributed by atoms with Gasteiger partial charge in [-0.15, -0.1) is 0 Å². The maximum atomic E-state index is 12.8. The summed E-state index contributed by atoms with van der Waals surface area (Å²) >= 11 is 0. The van der Waals surface area contributed by atoms with Crippen molar-refractivity contribution in [2.75, 3.05) is 25.0 Å². The van der Waals surface area contributed by atoms with Crippen molar-refractivity contribution in [3.63, 3.8) is 0 Å². The number of hydrogen-bond acceptors (Lipinski definition) is 3. The van der Waals surface area contributed by atoms with Gasteiger partial charge in [0.05, 0.1) is 12.8 Å². The molecule has 112 valence electrons. The molecule has 0 aromatic heterocycles. The predicted octanol–water partition coefficient (Wildman–Crippen LogP) is 2.25. The smallest absolute Gasteiger partial charge is 0.304 e. The minimum atomic E-state index is -3.51.